The Bertz CT molecular complexity index is 543. The molecular formula is C11H12N2O4. The van der Waals surface area contributed by atoms with E-state index in [4.69, 9.17) is 5.11 Å². The molecule has 0 spiro atoms. The van der Waals surface area contributed by atoms with Gasteiger partial charge in [-0.15, -0.1) is 0 Å². The highest BCUT2D eigenvalue weighted by Gasteiger charge is 2.57. The van der Waals surface area contributed by atoms with E-state index >= 15 is 0 Å². The molecule has 6 nitrogen and oxygen atoms in total. The van der Waals surface area contributed by atoms with Crippen LogP contribution < -0.4 is 10.9 Å². The molecule has 0 saturated heterocycles. The second kappa shape index (κ2) is 3.73. The molecule has 0 atom stereocenters. The fraction of sp³-hybridized carbons (Fsp3) is 0.364. The van der Waals surface area contributed by atoms with Crippen LogP contribution in [0.5, 0.6) is 0 Å². The Balaban J connectivity index is 2.17. The molecule has 0 unspecified atom stereocenters. The summed E-state index contributed by atoms with van der Waals surface area (Å²) in [5.74, 6) is -1.62. The molecule has 1 saturated carbocycles. The third kappa shape index (κ3) is 1.93. The number of aryl methyl sites for hydroxylation is 1. The highest BCUT2D eigenvalue weighted by atomic mass is 16.4. The summed E-state index contributed by atoms with van der Waals surface area (Å²) in [6.07, 6.45) is 2.18. The van der Waals surface area contributed by atoms with Gasteiger partial charge >= 0.3 is 5.97 Å². The smallest absolute Gasteiger partial charge is 0.319 e. The SMILES string of the molecule is Cn1cc(NC(=O)C2(C(=O)O)CC2)ccc1=O. The molecule has 17 heavy (non-hydrogen) atoms. The van der Waals surface area contributed by atoms with Crippen LogP contribution in [0.2, 0.25) is 0 Å². The van der Waals surface area contributed by atoms with Gasteiger partial charge in [-0.05, 0) is 18.9 Å². The summed E-state index contributed by atoms with van der Waals surface area (Å²) >= 11 is 0. The Morgan fingerprint density at radius 1 is 1.41 bits per heavy atom. The molecule has 6 heteroatoms. The molecule has 2 N–H and O–H groups in total. The minimum Gasteiger partial charge on any atom is -0.480 e. The van der Waals surface area contributed by atoms with Gasteiger partial charge < -0.3 is 15.0 Å². The third-order valence-electron chi connectivity index (χ3n) is 2.94. The van der Waals surface area contributed by atoms with Crippen molar-refractivity contribution in [3.63, 3.8) is 0 Å². The standard InChI is InChI=1S/C11H12N2O4/c1-13-6-7(2-3-8(13)14)12-9(15)11(4-5-11)10(16)17/h2-3,6H,4-5H2,1H3,(H,12,15)(H,16,17). The van der Waals surface area contributed by atoms with E-state index in [9.17, 15) is 14.4 Å². The van der Waals surface area contributed by atoms with Crippen molar-refractivity contribution in [1.82, 2.24) is 4.57 Å². The maximum atomic E-state index is 11.8. The average Bonchev–Trinajstić information content (AvgIpc) is 3.04. The van der Waals surface area contributed by atoms with E-state index in [0.29, 0.717) is 18.5 Å². The number of aliphatic carboxylic acids is 1. The number of hydrogen-bond donors (Lipinski definition) is 2. The summed E-state index contributed by atoms with van der Waals surface area (Å²) in [5.41, 5.74) is -1.04. The van der Waals surface area contributed by atoms with E-state index in [1.165, 1.54) is 22.9 Å². The first-order valence-electron chi connectivity index (χ1n) is 5.17. The number of hydrogen-bond acceptors (Lipinski definition) is 3. The van der Waals surface area contributed by atoms with Gasteiger partial charge in [-0.3, -0.25) is 14.4 Å². The second-order valence-electron chi connectivity index (χ2n) is 4.21. The van der Waals surface area contributed by atoms with Crippen molar-refractivity contribution in [2.45, 2.75) is 12.8 Å². The zero-order valence-electron chi connectivity index (χ0n) is 9.27. The lowest BCUT2D eigenvalue weighted by Gasteiger charge is -2.11. The van der Waals surface area contributed by atoms with E-state index in [-0.39, 0.29) is 5.56 Å². The van der Waals surface area contributed by atoms with Gasteiger partial charge in [0.1, 0.15) is 5.41 Å². The van der Waals surface area contributed by atoms with Crippen molar-refractivity contribution in [2.75, 3.05) is 5.32 Å². The fourth-order valence-electron chi connectivity index (χ4n) is 1.58. The highest BCUT2D eigenvalue weighted by molar-refractivity contribution is 6.10. The van der Waals surface area contributed by atoms with E-state index in [0.717, 1.165) is 0 Å². The van der Waals surface area contributed by atoms with Crippen LogP contribution in [-0.2, 0) is 16.6 Å². The molecule has 0 aliphatic heterocycles. The topological polar surface area (TPSA) is 88.4 Å². The molecule has 0 radical (unpaired) electrons. The minimum atomic E-state index is -1.27. The first kappa shape index (κ1) is 11.4. The summed E-state index contributed by atoms with van der Waals surface area (Å²) in [7, 11) is 1.56. The predicted octanol–water partition coefficient (Wildman–Crippen LogP) is 0.189. The number of anilines is 1. The van der Waals surface area contributed by atoms with Crippen LogP contribution in [0.15, 0.2) is 23.1 Å². The predicted molar refractivity (Wildman–Crippen MR) is 59.6 cm³/mol. The number of carboxylic acids is 1. The van der Waals surface area contributed by atoms with Crippen molar-refractivity contribution >= 4 is 17.6 Å². The van der Waals surface area contributed by atoms with Gasteiger partial charge in [0.2, 0.25) is 11.5 Å². The van der Waals surface area contributed by atoms with Crippen molar-refractivity contribution in [2.24, 2.45) is 12.5 Å². The van der Waals surface area contributed by atoms with Crippen molar-refractivity contribution in [3.05, 3.63) is 28.7 Å². The molecule has 2 rings (SSSR count). The largest absolute Gasteiger partial charge is 0.480 e. The highest BCUT2D eigenvalue weighted by Crippen LogP contribution is 2.46. The van der Waals surface area contributed by atoms with Crippen LogP contribution in [0.3, 0.4) is 0 Å². The average molecular weight is 236 g/mol. The Hall–Kier alpha value is -2.11. The van der Waals surface area contributed by atoms with Gasteiger partial charge in [-0.1, -0.05) is 0 Å². The van der Waals surface area contributed by atoms with Gasteiger partial charge in [-0.25, -0.2) is 0 Å². The third-order valence-corrected chi connectivity index (χ3v) is 2.94. The lowest BCUT2D eigenvalue weighted by atomic mass is 10.1. The molecule has 1 aliphatic rings. The van der Waals surface area contributed by atoms with Crippen LogP contribution >= 0.6 is 0 Å². The van der Waals surface area contributed by atoms with Gasteiger partial charge in [0.05, 0.1) is 5.69 Å². The molecule has 1 aromatic rings. The summed E-state index contributed by atoms with van der Waals surface area (Å²) < 4.78 is 1.32. The fourth-order valence-corrected chi connectivity index (χ4v) is 1.58. The number of pyridine rings is 1. The lowest BCUT2D eigenvalue weighted by molar-refractivity contribution is -0.147. The lowest BCUT2D eigenvalue weighted by Crippen LogP contribution is -2.31. The van der Waals surface area contributed by atoms with Gasteiger partial charge in [0, 0.05) is 19.3 Å². The Morgan fingerprint density at radius 3 is 2.53 bits per heavy atom. The zero-order chi connectivity index (χ0) is 12.6. The maximum absolute atomic E-state index is 11.8. The first-order chi connectivity index (χ1) is 7.95. The molecule has 1 fully saturated rings. The Kier molecular flexibility index (Phi) is 2.49. The van der Waals surface area contributed by atoms with Crippen molar-refractivity contribution in [1.29, 1.82) is 0 Å². The number of nitrogens with one attached hydrogen (secondary N) is 1. The number of carboxylic acid groups (broad SMARTS) is 1. The molecule has 0 bridgehead atoms. The molecule has 90 valence electrons. The summed E-state index contributed by atoms with van der Waals surface area (Å²) in [6.45, 7) is 0. The summed E-state index contributed by atoms with van der Waals surface area (Å²) in [5, 5.41) is 11.4. The number of carbonyl (C=O) groups is 2. The normalized spacial score (nSPS) is 16.3. The maximum Gasteiger partial charge on any atom is 0.319 e. The van der Waals surface area contributed by atoms with E-state index < -0.39 is 17.3 Å². The van der Waals surface area contributed by atoms with Crippen LogP contribution in [0, 0.1) is 5.41 Å². The molecule has 0 aromatic carbocycles. The molecular weight excluding hydrogens is 224 g/mol. The number of amides is 1. The van der Waals surface area contributed by atoms with E-state index in [2.05, 4.69) is 5.32 Å². The number of nitrogens with zero attached hydrogens (tertiary/aromatic N) is 1. The minimum absolute atomic E-state index is 0.192. The summed E-state index contributed by atoms with van der Waals surface area (Å²) in [4.78, 5) is 33.8. The van der Waals surface area contributed by atoms with Gasteiger partial charge in [-0.2, -0.15) is 0 Å². The number of carbonyl (C=O) groups excluding carboxylic acids is 1. The number of aromatic nitrogens is 1. The van der Waals surface area contributed by atoms with Gasteiger partial charge in [0.15, 0.2) is 0 Å². The molecule has 1 heterocycles. The van der Waals surface area contributed by atoms with Gasteiger partial charge in [0.25, 0.3) is 0 Å². The number of rotatable bonds is 3. The quantitative estimate of drug-likeness (QED) is 0.733. The first-order valence-corrected chi connectivity index (χ1v) is 5.17. The molecule has 1 amide bonds. The van der Waals surface area contributed by atoms with E-state index in [1.54, 1.807) is 7.05 Å². The second-order valence-corrected chi connectivity index (χ2v) is 4.21. The van der Waals surface area contributed by atoms with Crippen LogP contribution in [0.1, 0.15) is 12.8 Å². The van der Waals surface area contributed by atoms with Crippen molar-refractivity contribution < 1.29 is 14.7 Å². The van der Waals surface area contributed by atoms with E-state index in [1.807, 2.05) is 0 Å². The molecule has 1 aromatic heterocycles. The summed E-state index contributed by atoms with van der Waals surface area (Å²) in [6, 6.07) is 2.77. The van der Waals surface area contributed by atoms with Crippen molar-refractivity contribution in [3.8, 4) is 0 Å². The van der Waals surface area contributed by atoms with Crippen LogP contribution in [0.25, 0.3) is 0 Å². The Labute approximate surface area is 96.9 Å². The zero-order valence-corrected chi connectivity index (χ0v) is 9.27. The van der Waals surface area contributed by atoms with Crippen LogP contribution in [-0.4, -0.2) is 21.6 Å². The molecule has 1 aliphatic carbocycles. The monoisotopic (exact) mass is 236 g/mol. The Morgan fingerprint density at radius 2 is 2.06 bits per heavy atom. The van der Waals surface area contributed by atoms with Crippen LogP contribution in [0.4, 0.5) is 5.69 Å².